The second-order valence-corrected chi connectivity index (χ2v) is 11.5. The molecule has 0 aromatic heterocycles. The van der Waals surface area contributed by atoms with Gasteiger partial charge in [-0.15, -0.1) is 0 Å². The van der Waals surface area contributed by atoms with Crippen LogP contribution in [0.3, 0.4) is 0 Å². The highest BCUT2D eigenvalue weighted by molar-refractivity contribution is 8.26. The molecular formula is C26H29NO2S2. The van der Waals surface area contributed by atoms with Crippen molar-refractivity contribution in [3.63, 3.8) is 0 Å². The third-order valence-corrected chi connectivity index (χ3v) is 7.81. The van der Waals surface area contributed by atoms with Crippen molar-refractivity contribution in [1.82, 2.24) is 5.32 Å². The van der Waals surface area contributed by atoms with Gasteiger partial charge in [-0.05, 0) is 82.7 Å². The summed E-state index contributed by atoms with van der Waals surface area (Å²) in [6.45, 7) is 11.6. The lowest BCUT2D eigenvalue weighted by atomic mass is 9.62. The van der Waals surface area contributed by atoms with Gasteiger partial charge in [-0.25, -0.2) is 0 Å². The molecule has 5 heteroatoms. The normalized spacial score (nSPS) is 20.5. The van der Waals surface area contributed by atoms with Crippen LogP contribution in [-0.4, -0.2) is 17.3 Å². The third kappa shape index (κ3) is 4.06. The van der Waals surface area contributed by atoms with Gasteiger partial charge in [0.2, 0.25) is 0 Å². The van der Waals surface area contributed by atoms with Crippen molar-refractivity contribution in [2.75, 3.05) is 7.11 Å². The molecular weight excluding hydrogens is 422 g/mol. The summed E-state index contributed by atoms with van der Waals surface area (Å²) in [4.78, 5) is 12.7. The highest BCUT2D eigenvalue weighted by Gasteiger charge is 2.37. The molecule has 1 amide bonds. The number of hydrogen-bond donors (Lipinski definition) is 1. The van der Waals surface area contributed by atoms with E-state index in [1.54, 1.807) is 7.11 Å². The van der Waals surface area contributed by atoms with E-state index in [0.29, 0.717) is 9.23 Å². The van der Waals surface area contributed by atoms with E-state index >= 15 is 0 Å². The van der Waals surface area contributed by atoms with Crippen LogP contribution in [0.5, 0.6) is 5.75 Å². The van der Waals surface area contributed by atoms with Crippen LogP contribution in [0.1, 0.15) is 62.8 Å². The lowest BCUT2D eigenvalue weighted by Crippen LogP contribution is -2.34. The van der Waals surface area contributed by atoms with E-state index < -0.39 is 0 Å². The number of rotatable bonds is 3. The Morgan fingerprint density at radius 2 is 1.68 bits per heavy atom. The second kappa shape index (κ2) is 7.79. The fraction of sp³-hybridized carbons (Fsp3) is 0.385. The van der Waals surface area contributed by atoms with Gasteiger partial charge in [0.15, 0.2) is 0 Å². The molecule has 0 bridgehead atoms. The van der Waals surface area contributed by atoms with Crippen LogP contribution in [0, 0.1) is 6.92 Å². The van der Waals surface area contributed by atoms with E-state index in [1.165, 1.54) is 46.9 Å². The van der Waals surface area contributed by atoms with E-state index in [2.05, 4.69) is 58.1 Å². The minimum Gasteiger partial charge on any atom is -0.496 e. The van der Waals surface area contributed by atoms with Gasteiger partial charge in [-0.3, -0.25) is 4.79 Å². The van der Waals surface area contributed by atoms with Crippen LogP contribution < -0.4 is 10.1 Å². The number of hydrogen-bond acceptors (Lipinski definition) is 4. The Balaban J connectivity index is 1.87. The molecule has 31 heavy (non-hydrogen) atoms. The average Bonchev–Trinajstić information content (AvgIpc) is 3.02. The smallest absolute Gasteiger partial charge is 0.263 e. The molecule has 2 aromatic rings. The lowest BCUT2D eigenvalue weighted by molar-refractivity contribution is -0.115. The van der Waals surface area contributed by atoms with Crippen molar-refractivity contribution in [3.8, 4) is 16.9 Å². The van der Waals surface area contributed by atoms with Crippen molar-refractivity contribution >= 4 is 40.3 Å². The van der Waals surface area contributed by atoms with Gasteiger partial charge in [0, 0.05) is 5.56 Å². The number of amides is 1. The van der Waals surface area contributed by atoms with E-state index in [9.17, 15) is 4.79 Å². The SMILES string of the molecule is COc1ccc(C=C2SC(=S)NC2=O)cc1-c1cc2c(cc1C)C(C)(C)CCC2(C)C. The van der Waals surface area contributed by atoms with Crippen molar-refractivity contribution in [3.05, 3.63) is 57.5 Å². The van der Waals surface area contributed by atoms with Crippen molar-refractivity contribution in [1.29, 1.82) is 0 Å². The molecule has 1 heterocycles. The standard InChI is InChI=1S/C26H29NO2S2/c1-15-11-19-20(26(4,5)10-9-25(19,2)3)14-17(15)18-12-16(7-8-21(18)29-6)13-22-23(28)27-24(30)31-22/h7-8,11-14H,9-10H2,1-6H3,(H,27,28,30). The fourth-order valence-corrected chi connectivity index (χ4v) is 5.65. The first-order valence-electron chi connectivity index (χ1n) is 10.6. The van der Waals surface area contributed by atoms with Gasteiger partial charge >= 0.3 is 0 Å². The molecule has 2 aliphatic rings. The number of aryl methyl sites for hydroxylation is 1. The Morgan fingerprint density at radius 3 is 2.26 bits per heavy atom. The zero-order chi connectivity index (χ0) is 22.6. The first-order valence-corrected chi connectivity index (χ1v) is 11.8. The number of benzene rings is 2. The first-order chi connectivity index (χ1) is 14.5. The number of ether oxygens (including phenoxy) is 1. The monoisotopic (exact) mass is 451 g/mol. The largest absolute Gasteiger partial charge is 0.496 e. The molecule has 2 aromatic carbocycles. The number of nitrogens with one attached hydrogen (secondary N) is 1. The third-order valence-electron chi connectivity index (χ3n) is 6.65. The zero-order valence-corrected chi connectivity index (χ0v) is 20.6. The molecule has 1 N–H and O–H groups in total. The topological polar surface area (TPSA) is 38.3 Å². The Kier molecular flexibility index (Phi) is 5.55. The quantitative estimate of drug-likeness (QED) is 0.426. The minimum atomic E-state index is -0.138. The van der Waals surface area contributed by atoms with Crippen molar-refractivity contribution < 1.29 is 9.53 Å². The number of methoxy groups -OCH3 is 1. The Hall–Kier alpha value is -2.11. The summed E-state index contributed by atoms with van der Waals surface area (Å²) in [5, 5.41) is 2.68. The molecule has 0 unspecified atom stereocenters. The number of carbonyl (C=O) groups is 1. The molecule has 162 valence electrons. The van der Waals surface area contributed by atoms with Crippen molar-refractivity contribution in [2.24, 2.45) is 0 Å². The van der Waals surface area contributed by atoms with Gasteiger partial charge < -0.3 is 10.1 Å². The van der Waals surface area contributed by atoms with Gasteiger partial charge in [0.25, 0.3) is 5.91 Å². The molecule has 1 aliphatic carbocycles. The van der Waals surface area contributed by atoms with Crippen LogP contribution in [0.25, 0.3) is 17.2 Å². The number of thiocarbonyl (C=S) groups is 1. The maximum Gasteiger partial charge on any atom is 0.263 e. The Bertz CT molecular complexity index is 1130. The molecule has 4 rings (SSSR count). The summed E-state index contributed by atoms with van der Waals surface area (Å²) < 4.78 is 6.23. The summed E-state index contributed by atoms with van der Waals surface area (Å²) in [5.74, 6) is 0.693. The Morgan fingerprint density at radius 1 is 1.03 bits per heavy atom. The maximum atomic E-state index is 12.1. The van der Waals surface area contributed by atoms with Gasteiger partial charge in [0.05, 0.1) is 12.0 Å². The van der Waals surface area contributed by atoms with E-state index in [1.807, 2.05) is 18.2 Å². The predicted molar refractivity (Wildman–Crippen MR) is 135 cm³/mol. The van der Waals surface area contributed by atoms with Gasteiger partial charge in [-0.2, -0.15) is 0 Å². The zero-order valence-electron chi connectivity index (χ0n) is 19.0. The van der Waals surface area contributed by atoms with Crippen LogP contribution in [0.2, 0.25) is 0 Å². The minimum absolute atomic E-state index is 0.133. The summed E-state index contributed by atoms with van der Waals surface area (Å²) in [6, 6.07) is 10.8. The highest BCUT2D eigenvalue weighted by atomic mass is 32.2. The maximum absolute atomic E-state index is 12.1. The first kappa shape index (κ1) is 22.1. The van der Waals surface area contributed by atoms with Crippen LogP contribution in [0.15, 0.2) is 35.2 Å². The van der Waals surface area contributed by atoms with Gasteiger partial charge in [0.1, 0.15) is 10.1 Å². The van der Waals surface area contributed by atoms with Gasteiger partial charge in [-0.1, -0.05) is 63.8 Å². The second-order valence-electron chi connectivity index (χ2n) is 9.79. The van der Waals surface area contributed by atoms with E-state index in [0.717, 1.165) is 16.9 Å². The summed E-state index contributed by atoms with van der Waals surface area (Å²) >= 11 is 6.42. The Labute approximate surface area is 194 Å². The fourth-order valence-electron chi connectivity index (χ4n) is 4.61. The molecule has 0 atom stereocenters. The molecule has 1 fully saturated rings. The molecule has 0 radical (unpaired) electrons. The predicted octanol–water partition coefficient (Wildman–Crippen LogP) is 6.51. The molecule has 1 saturated heterocycles. The summed E-state index contributed by atoms with van der Waals surface area (Å²) in [7, 11) is 1.70. The number of thioether (sulfide) groups is 1. The lowest BCUT2D eigenvalue weighted by Gasteiger charge is -2.42. The van der Waals surface area contributed by atoms with E-state index in [4.69, 9.17) is 17.0 Å². The van der Waals surface area contributed by atoms with Crippen LogP contribution >= 0.6 is 24.0 Å². The van der Waals surface area contributed by atoms with Crippen LogP contribution in [0.4, 0.5) is 0 Å². The number of carbonyl (C=O) groups excluding carboxylic acids is 1. The average molecular weight is 452 g/mol. The molecule has 3 nitrogen and oxygen atoms in total. The summed E-state index contributed by atoms with van der Waals surface area (Å²) in [5.41, 5.74) is 7.60. The highest BCUT2D eigenvalue weighted by Crippen LogP contribution is 2.48. The molecule has 0 spiro atoms. The molecule has 1 aliphatic heterocycles. The number of fused-ring (bicyclic) bond motifs is 1. The van der Waals surface area contributed by atoms with E-state index in [-0.39, 0.29) is 16.7 Å². The van der Waals surface area contributed by atoms with Crippen molar-refractivity contribution in [2.45, 2.75) is 58.3 Å². The van der Waals surface area contributed by atoms with Crippen LogP contribution in [-0.2, 0) is 15.6 Å². The summed E-state index contributed by atoms with van der Waals surface area (Å²) in [6.07, 6.45) is 4.26. The molecule has 0 saturated carbocycles.